The van der Waals surface area contributed by atoms with Crippen LogP contribution in [0.1, 0.15) is 11.5 Å². The SMILES string of the molecule is C#CCOc1ccc(-c2cc(COCc3cc(-c4ccc(OCC#C)cc4)no3)on2)cc1. The lowest BCUT2D eigenvalue weighted by Gasteiger charge is -2.02. The molecule has 0 atom stereocenters. The van der Waals surface area contributed by atoms with Gasteiger partial charge < -0.3 is 23.3 Å². The molecule has 0 N–H and O–H groups in total. The molecule has 7 heteroatoms. The Kier molecular flexibility index (Phi) is 7.07. The molecule has 0 fully saturated rings. The average Bonchev–Trinajstić information content (AvgIpc) is 3.52. The van der Waals surface area contributed by atoms with E-state index in [-0.39, 0.29) is 26.4 Å². The highest BCUT2D eigenvalue weighted by Crippen LogP contribution is 2.24. The summed E-state index contributed by atoms with van der Waals surface area (Å²) in [7, 11) is 0. The fraction of sp³-hybridized carbons (Fsp3) is 0.154. The molecule has 2 aromatic heterocycles. The summed E-state index contributed by atoms with van der Waals surface area (Å²) in [5, 5.41) is 8.18. The van der Waals surface area contributed by atoms with E-state index >= 15 is 0 Å². The van der Waals surface area contributed by atoms with Gasteiger partial charge >= 0.3 is 0 Å². The number of terminal acetylenes is 2. The average molecular weight is 440 g/mol. The van der Waals surface area contributed by atoms with Crippen LogP contribution in [-0.4, -0.2) is 23.5 Å². The Labute approximate surface area is 191 Å². The van der Waals surface area contributed by atoms with Crippen LogP contribution in [0, 0.1) is 24.7 Å². The molecule has 2 aromatic carbocycles. The lowest BCUT2D eigenvalue weighted by Crippen LogP contribution is -1.92. The van der Waals surface area contributed by atoms with Crippen molar-refractivity contribution >= 4 is 0 Å². The van der Waals surface area contributed by atoms with Crippen LogP contribution in [-0.2, 0) is 18.0 Å². The first-order valence-corrected chi connectivity index (χ1v) is 10.1. The Morgan fingerprint density at radius 3 is 1.48 bits per heavy atom. The molecule has 0 bridgehead atoms. The second-order valence-corrected chi connectivity index (χ2v) is 6.88. The zero-order valence-corrected chi connectivity index (χ0v) is 17.7. The van der Waals surface area contributed by atoms with Crippen LogP contribution in [0.3, 0.4) is 0 Å². The Balaban J connectivity index is 1.28. The van der Waals surface area contributed by atoms with Crippen molar-refractivity contribution in [2.75, 3.05) is 13.2 Å². The van der Waals surface area contributed by atoms with Gasteiger partial charge in [0.15, 0.2) is 11.5 Å². The van der Waals surface area contributed by atoms with Gasteiger partial charge in [-0.25, -0.2) is 0 Å². The molecule has 0 saturated carbocycles. The zero-order valence-electron chi connectivity index (χ0n) is 17.7. The van der Waals surface area contributed by atoms with Crippen molar-refractivity contribution in [3.05, 3.63) is 72.2 Å². The summed E-state index contributed by atoms with van der Waals surface area (Å²) in [4.78, 5) is 0. The molecule has 0 unspecified atom stereocenters. The molecule has 0 aliphatic rings. The van der Waals surface area contributed by atoms with E-state index in [1.54, 1.807) is 0 Å². The van der Waals surface area contributed by atoms with Crippen LogP contribution in [0.5, 0.6) is 11.5 Å². The number of hydrogen-bond acceptors (Lipinski definition) is 7. The van der Waals surface area contributed by atoms with Crippen LogP contribution in [0.25, 0.3) is 22.5 Å². The third kappa shape index (κ3) is 5.82. The van der Waals surface area contributed by atoms with Crippen molar-refractivity contribution < 1.29 is 23.3 Å². The van der Waals surface area contributed by atoms with Crippen LogP contribution >= 0.6 is 0 Å². The van der Waals surface area contributed by atoms with E-state index < -0.39 is 0 Å². The van der Waals surface area contributed by atoms with Crippen molar-refractivity contribution in [3.63, 3.8) is 0 Å². The van der Waals surface area contributed by atoms with Crippen molar-refractivity contribution in [2.45, 2.75) is 13.2 Å². The molecule has 2 heterocycles. The lowest BCUT2D eigenvalue weighted by molar-refractivity contribution is 0.0727. The van der Waals surface area contributed by atoms with E-state index in [9.17, 15) is 0 Å². The highest BCUT2D eigenvalue weighted by molar-refractivity contribution is 5.60. The number of aromatic nitrogens is 2. The van der Waals surface area contributed by atoms with Gasteiger partial charge in [-0.2, -0.15) is 0 Å². The maximum absolute atomic E-state index is 5.69. The van der Waals surface area contributed by atoms with Crippen molar-refractivity contribution in [1.29, 1.82) is 0 Å². The molecule has 164 valence electrons. The van der Waals surface area contributed by atoms with Crippen molar-refractivity contribution in [2.24, 2.45) is 0 Å². The first-order valence-electron chi connectivity index (χ1n) is 10.1. The van der Waals surface area contributed by atoms with E-state index in [2.05, 4.69) is 22.2 Å². The molecule has 0 amide bonds. The zero-order chi connectivity index (χ0) is 22.9. The van der Waals surface area contributed by atoms with E-state index in [1.807, 2.05) is 60.7 Å². The van der Waals surface area contributed by atoms with E-state index in [0.29, 0.717) is 34.4 Å². The second-order valence-electron chi connectivity index (χ2n) is 6.88. The first kappa shape index (κ1) is 21.8. The van der Waals surface area contributed by atoms with E-state index in [1.165, 1.54) is 0 Å². The summed E-state index contributed by atoms with van der Waals surface area (Å²) >= 11 is 0. The van der Waals surface area contributed by atoms with Crippen molar-refractivity contribution in [1.82, 2.24) is 10.3 Å². The van der Waals surface area contributed by atoms with E-state index in [0.717, 1.165) is 11.1 Å². The summed E-state index contributed by atoms with van der Waals surface area (Å²) in [6, 6.07) is 18.5. The maximum Gasteiger partial charge on any atom is 0.163 e. The third-order valence-corrected chi connectivity index (χ3v) is 4.55. The second kappa shape index (κ2) is 10.7. The van der Waals surface area contributed by atoms with Gasteiger partial charge in [0, 0.05) is 23.3 Å². The van der Waals surface area contributed by atoms with Gasteiger partial charge in [-0.3, -0.25) is 0 Å². The minimum Gasteiger partial charge on any atom is -0.481 e. The number of nitrogens with zero attached hydrogens (tertiary/aromatic N) is 2. The monoisotopic (exact) mass is 440 g/mol. The highest BCUT2D eigenvalue weighted by Gasteiger charge is 2.10. The van der Waals surface area contributed by atoms with Gasteiger partial charge in [-0.1, -0.05) is 22.2 Å². The largest absolute Gasteiger partial charge is 0.481 e. The van der Waals surface area contributed by atoms with Crippen LogP contribution in [0.15, 0.2) is 69.7 Å². The molecule has 33 heavy (non-hydrogen) atoms. The normalized spacial score (nSPS) is 10.4. The molecule has 0 saturated heterocycles. The summed E-state index contributed by atoms with van der Waals surface area (Å²) in [6.45, 7) is 0.943. The summed E-state index contributed by atoms with van der Waals surface area (Å²) in [5.74, 6) is 7.45. The summed E-state index contributed by atoms with van der Waals surface area (Å²) in [5.41, 5.74) is 3.20. The lowest BCUT2D eigenvalue weighted by atomic mass is 10.1. The number of benzene rings is 2. The maximum atomic E-state index is 5.69. The Hall–Kier alpha value is -4.46. The fourth-order valence-electron chi connectivity index (χ4n) is 2.98. The van der Waals surface area contributed by atoms with E-state index in [4.69, 9.17) is 36.1 Å². The number of ether oxygens (including phenoxy) is 3. The molecule has 0 spiro atoms. The van der Waals surface area contributed by atoms with Gasteiger partial charge in [0.1, 0.15) is 49.3 Å². The third-order valence-electron chi connectivity index (χ3n) is 4.55. The number of rotatable bonds is 10. The fourth-order valence-corrected chi connectivity index (χ4v) is 2.98. The number of hydrogen-bond donors (Lipinski definition) is 0. The molecular formula is C26H20N2O5. The standard InChI is InChI=1S/C26H20N2O5/c1-3-13-30-21-9-5-19(6-10-21)25-15-23(32-27-25)17-29-18-24-16-26(28-33-24)20-7-11-22(12-8-20)31-14-4-2/h1-2,5-12,15-16H,13-14,17-18H2. The quantitative estimate of drug-likeness (QED) is 0.330. The first-order chi connectivity index (χ1) is 16.2. The highest BCUT2D eigenvalue weighted by atomic mass is 16.5. The van der Waals surface area contributed by atoms with Gasteiger partial charge in [-0.05, 0) is 48.5 Å². The van der Waals surface area contributed by atoms with Gasteiger partial charge in [-0.15, -0.1) is 12.8 Å². The van der Waals surface area contributed by atoms with Gasteiger partial charge in [0.2, 0.25) is 0 Å². The van der Waals surface area contributed by atoms with Crippen LogP contribution in [0.4, 0.5) is 0 Å². The molecule has 0 radical (unpaired) electrons. The molecule has 4 rings (SSSR count). The smallest absolute Gasteiger partial charge is 0.163 e. The Morgan fingerprint density at radius 1 is 0.667 bits per heavy atom. The summed E-state index contributed by atoms with van der Waals surface area (Å²) < 4.78 is 27.2. The molecule has 0 aliphatic heterocycles. The van der Waals surface area contributed by atoms with Crippen LogP contribution < -0.4 is 9.47 Å². The molecular weight excluding hydrogens is 420 g/mol. The Morgan fingerprint density at radius 2 is 1.09 bits per heavy atom. The van der Waals surface area contributed by atoms with Crippen molar-refractivity contribution in [3.8, 4) is 58.7 Å². The minimum atomic E-state index is 0.228. The summed E-state index contributed by atoms with van der Waals surface area (Å²) in [6.07, 6.45) is 10.4. The predicted octanol–water partition coefficient (Wildman–Crippen LogP) is 4.74. The Bertz CT molecular complexity index is 1160. The molecule has 4 aromatic rings. The van der Waals surface area contributed by atoms with Gasteiger partial charge in [0.25, 0.3) is 0 Å². The predicted molar refractivity (Wildman–Crippen MR) is 121 cm³/mol. The molecule has 0 aliphatic carbocycles. The topological polar surface area (TPSA) is 79.8 Å². The minimum absolute atomic E-state index is 0.228. The molecule has 7 nitrogen and oxygen atoms in total. The van der Waals surface area contributed by atoms with Crippen LogP contribution in [0.2, 0.25) is 0 Å². The van der Waals surface area contributed by atoms with Gasteiger partial charge in [0.05, 0.1) is 0 Å².